The molecule has 124 valence electrons. The van der Waals surface area contributed by atoms with Crippen LogP contribution >= 0.6 is 34.8 Å². The minimum atomic E-state index is -0.367. The predicted molar refractivity (Wildman–Crippen MR) is 95.9 cm³/mol. The Balaban J connectivity index is 2.04. The van der Waals surface area contributed by atoms with Crippen LogP contribution in [-0.4, -0.2) is 22.4 Å². The molecular weight excluding hydrogens is 373 g/mol. The summed E-state index contributed by atoms with van der Waals surface area (Å²) in [5, 5.41) is 3.64. The van der Waals surface area contributed by atoms with Gasteiger partial charge >= 0.3 is 0 Å². The van der Waals surface area contributed by atoms with E-state index in [2.05, 4.69) is 10.3 Å². The SMILES string of the molecule is COc1cccn2c(C(=O)Nc3cc(Cl)c(Cl)cc3Cl)c(C)nc12. The number of halogens is 3. The highest BCUT2D eigenvalue weighted by atomic mass is 35.5. The van der Waals surface area contributed by atoms with Gasteiger partial charge in [-0.1, -0.05) is 34.8 Å². The van der Waals surface area contributed by atoms with E-state index < -0.39 is 0 Å². The molecule has 0 unspecified atom stereocenters. The molecule has 0 saturated carbocycles. The molecule has 2 heterocycles. The Labute approximate surface area is 153 Å². The molecule has 3 aromatic rings. The molecule has 3 rings (SSSR count). The lowest BCUT2D eigenvalue weighted by atomic mass is 10.2. The molecule has 0 fully saturated rings. The van der Waals surface area contributed by atoms with Crippen LogP contribution in [0.5, 0.6) is 5.75 Å². The van der Waals surface area contributed by atoms with Crippen molar-refractivity contribution in [2.24, 2.45) is 0 Å². The highest BCUT2D eigenvalue weighted by molar-refractivity contribution is 6.44. The van der Waals surface area contributed by atoms with Gasteiger partial charge in [0.25, 0.3) is 5.91 Å². The number of aromatic nitrogens is 2. The zero-order chi connectivity index (χ0) is 17.4. The van der Waals surface area contributed by atoms with Crippen LogP contribution in [0.1, 0.15) is 16.2 Å². The first-order valence-corrected chi connectivity index (χ1v) is 8.03. The number of rotatable bonds is 3. The highest BCUT2D eigenvalue weighted by Gasteiger charge is 2.20. The molecule has 0 aliphatic heterocycles. The van der Waals surface area contributed by atoms with E-state index >= 15 is 0 Å². The maximum Gasteiger partial charge on any atom is 0.274 e. The molecule has 0 aliphatic carbocycles. The summed E-state index contributed by atoms with van der Waals surface area (Å²) >= 11 is 18.0. The van der Waals surface area contributed by atoms with E-state index in [1.165, 1.54) is 12.1 Å². The smallest absolute Gasteiger partial charge is 0.274 e. The number of carbonyl (C=O) groups is 1. The summed E-state index contributed by atoms with van der Waals surface area (Å²) in [6, 6.07) is 6.53. The van der Waals surface area contributed by atoms with E-state index in [4.69, 9.17) is 39.5 Å². The van der Waals surface area contributed by atoms with Crippen molar-refractivity contribution in [3.8, 4) is 5.75 Å². The summed E-state index contributed by atoms with van der Waals surface area (Å²) < 4.78 is 6.94. The fourth-order valence-corrected chi connectivity index (χ4v) is 2.98. The zero-order valence-corrected chi connectivity index (χ0v) is 15.0. The van der Waals surface area contributed by atoms with Crippen LogP contribution in [0.15, 0.2) is 30.5 Å². The van der Waals surface area contributed by atoms with E-state index in [0.29, 0.717) is 43.5 Å². The minimum absolute atomic E-state index is 0.293. The number of pyridine rings is 1. The van der Waals surface area contributed by atoms with Crippen molar-refractivity contribution in [1.29, 1.82) is 0 Å². The van der Waals surface area contributed by atoms with E-state index in [1.807, 2.05) is 0 Å². The van der Waals surface area contributed by atoms with E-state index in [9.17, 15) is 4.79 Å². The fourth-order valence-electron chi connectivity index (χ4n) is 2.39. The number of benzene rings is 1. The van der Waals surface area contributed by atoms with Gasteiger partial charge < -0.3 is 10.1 Å². The maximum absolute atomic E-state index is 12.7. The summed E-state index contributed by atoms with van der Waals surface area (Å²) in [5.74, 6) is 0.209. The van der Waals surface area contributed by atoms with Gasteiger partial charge in [-0.15, -0.1) is 0 Å². The zero-order valence-electron chi connectivity index (χ0n) is 12.7. The second-order valence-electron chi connectivity index (χ2n) is 5.02. The van der Waals surface area contributed by atoms with Gasteiger partial charge in [0.1, 0.15) is 5.69 Å². The Morgan fingerprint density at radius 2 is 1.92 bits per heavy atom. The molecule has 0 atom stereocenters. The van der Waals surface area contributed by atoms with Gasteiger partial charge in [0.15, 0.2) is 11.4 Å². The lowest BCUT2D eigenvalue weighted by Gasteiger charge is -2.09. The third-order valence-electron chi connectivity index (χ3n) is 3.48. The molecule has 0 saturated heterocycles. The topological polar surface area (TPSA) is 55.6 Å². The lowest BCUT2D eigenvalue weighted by Crippen LogP contribution is -2.16. The first kappa shape index (κ1) is 16.9. The average Bonchev–Trinajstić information content (AvgIpc) is 2.88. The number of hydrogen-bond acceptors (Lipinski definition) is 3. The van der Waals surface area contributed by atoms with Gasteiger partial charge in [0.05, 0.1) is 33.6 Å². The molecule has 0 bridgehead atoms. The molecule has 1 amide bonds. The summed E-state index contributed by atoms with van der Waals surface area (Å²) in [5.41, 5.74) is 1.87. The van der Waals surface area contributed by atoms with Crippen molar-refractivity contribution >= 4 is 52.0 Å². The first-order valence-electron chi connectivity index (χ1n) is 6.90. The first-order chi connectivity index (χ1) is 11.4. The van der Waals surface area contributed by atoms with E-state index in [1.54, 1.807) is 36.8 Å². The van der Waals surface area contributed by atoms with Crippen LogP contribution < -0.4 is 10.1 Å². The summed E-state index contributed by atoms with van der Waals surface area (Å²) in [7, 11) is 1.55. The second-order valence-corrected chi connectivity index (χ2v) is 6.24. The lowest BCUT2D eigenvalue weighted by molar-refractivity contribution is 0.102. The van der Waals surface area contributed by atoms with Crippen LogP contribution in [0.2, 0.25) is 15.1 Å². The Morgan fingerprint density at radius 3 is 2.62 bits per heavy atom. The van der Waals surface area contributed by atoms with E-state index in [-0.39, 0.29) is 5.91 Å². The Morgan fingerprint density at radius 1 is 1.21 bits per heavy atom. The third kappa shape index (κ3) is 2.90. The van der Waals surface area contributed by atoms with Crippen LogP contribution in [0, 0.1) is 6.92 Å². The molecular formula is C16H12Cl3N3O2. The molecule has 8 heteroatoms. The fraction of sp³-hybridized carbons (Fsp3) is 0.125. The van der Waals surface area contributed by atoms with Crippen LogP contribution in [0.3, 0.4) is 0 Å². The van der Waals surface area contributed by atoms with Crippen molar-refractivity contribution in [3.63, 3.8) is 0 Å². The molecule has 1 aromatic carbocycles. The normalized spacial score (nSPS) is 10.9. The number of methoxy groups -OCH3 is 1. The molecule has 24 heavy (non-hydrogen) atoms. The van der Waals surface area contributed by atoms with Crippen LogP contribution in [0.4, 0.5) is 5.69 Å². The van der Waals surface area contributed by atoms with Crippen molar-refractivity contribution in [2.75, 3.05) is 12.4 Å². The molecule has 1 N–H and O–H groups in total. The number of carbonyl (C=O) groups excluding carboxylic acids is 1. The van der Waals surface area contributed by atoms with Gasteiger partial charge in [-0.3, -0.25) is 9.20 Å². The molecule has 0 spiro atoms. The van der Waals surface area contributed by atoms with Crippen LogP contribution in [-0.2, 0) is 0 Å². The van der Waals surface area contributed by atoms with Gasteiger partial charge in [-0.05, 0) is 31.2 Å². The van der Waals surface area contributed by atoms with Crippen molar-refractivity contribution in [1.82, 2.24) is 9.38 Å². The summed E-state index contributed by atoms with van der Waals surface area (Å²) in [6.45, 7) is 1.75. The van der Waals surface area contributed by atoms with Gasteiger partial charge in [0.2, 0.25) is 0 Å². The summed E-state index contributed by atoms with van der Waals surface area (Å²) in [4.78, 5) is 17.1. The molecule has 5 nitrogen and oxygen atoms in total. The molecule has 0 aliphatic rings. The number of anilines is 1. The summed E-state index contributed by atoms with van der Waals surface area (Å²) in [6.07, 6.45) is 1.74. The number of hydrogen-bond donors (Lipinski definition) is 1. The van der Waals surface area contributed by atoms with Gasteiger partial charge in [-0.2, -0.15) is 0 Å². The Kier molecular flexibility index (Phi) is 4.58. The number of fused-ring (bicyclic) bond motifs is 1. The monoisotopic (exact) mass is 383 g/mol. The number of amides is 1. The number of nitrogens with one attached hydrogen (secondary N) is 1. The van der Waals surface area contributed by atoms with Gasteiger partial charge in [-0.25, -0.2) is 4.98 Å². The maximum atomic E-state index is 12.7. The van der Waals surface area contributed by atoms with Crippen molar-refractivity contribution < 1.29 is 9.53 Å². The number of nitrogens with zero attached hydrogens (tertiary/aromatic N) is 2. The average molecular weight is 385 g/mol. The molecule has 2 aromatic heterocycles. The number of aryl methyl sites for hydroxylation is 1. The standard InChI is InChI=1S/C16H12Cl3N3O2/c1-8-14(22-5-3-4-13(24-2)15(22)20-8)16(23)21-12-7-10(18)9(17)6-11(12)19/h3-7H,1-2H3,(H,21,23). The second kappa shape index (κ2) is 6.51. The number of ether oxygens (including phenoxy) is 1. The Bertz CT molecular complexity index is 953. The molecule has 0 radical (unpaired) electrons. The van der Waals surface area contributed by atoms with Gasteiger partial charge in [0, 0.05) is 6.20 Å². The minimum Gasteiger partial charge on any atom is -0.493 e. The van der Waals surface area contributed by atoms with Crippen LogP contribution in [0.25, 0.3) is 5.65 Å². The van der Waals surface area contributed by atoms with Crippen molar-refractivity contribution in [2.45, 2.75) is 6.92 Å². The van der Waals surface area contributed by atoms with E-state index in [0.717, 1.165) is 0 Å². The quantitative estimate of drug-likeness (QED) is 0.656. The Hall–Kier alpha value is -1.95. The predicted octanol–water partition coefficient (Wildman–Crippen LogP) is 4.86. The highest BCUT2D eigenvalue weighted by Crippen LogP contribution is 2.32. The number of imidazole rings is 1. The largest absolute Gasteiger partial charge is 0.493 e. The van der Waals surface area contributed by atoms with Crippen molar-refractivity contribution in [3.05, 3.63) is 56.9 Å². The third-order valence-corrected chi connectivity index (χ3v) is 4.52.